The van der Waals surface area contributed by atoms with Crippen molar-refractivity contribution in [2.75, 3.05) is 6.61 Å². The molecule has 5 heteroatoms. The van der Waals surface area contributed by atoms with Gasteiger partial charge < -0.3 is 20.4 Å². The van der Waals surface area contributed by atoms with E-state index in [1.165, 1.54) is 0 Å². The third-order valence-corrected chi connectivity index (χ3v) is 5.82. The number of Topliss-reactive ketones (excluding diaryl/α,β-unsaturated/α-hetero) is 1. The first-order valence-electron chi connectivity index (χ1n) is 7.64. The van der Waals surface area contributed by atoms with E-state index in [0.717, 1.165) is 0 Å². The minimum absolute atomic E-state index is 0.00641. The summed E-state index contributed by atoms with van der Waals surface area (Å²) in [5.74, 6) is -0.581. The molecule has 21 heavy (non-hydrogen) atoms. The van der Waals surface area contributed by atoms with Gasteiger partial charge >= 0.3 is 0 Å². The van der Waals surface area contributed by atoms with Gasteiger partial charge in [0.25, 0.3) is 0 Å². The van der Waals surface area contributed by atoms with Crippen molar-refractivity contribution in [3.05, 3.63) is 11.1 Å². The highest BCUT2D eigenvalue weighted by molar-refractivity contribution is 6.00. The molecule has 0 aromatic heterocycles. The molecule has 0 aromatic carbocycles. The van der Waals surface area contributed by atoms with Gasteiger partial charge in [-0.15, -0.1) is 0 Å². The molecule has 1 saturated carbocycles. The fourth-order valence-corrected chi connectivity index (χ4v) is 4.69. The average Bonchev–Trinajstić information content (AvgIpc) is 2.86. The van der Waals surface area contributed by atoms with Crippen molar-refractivity contribution < 1.29 is 25.2 Å². The minimum atomic E-state index is -1.10. The van der Waals surface area contributed by atoms with Crippen LogP contribution in [0.2, 0.25) is 0 Å². The van der Waals surface area contributed by atoms with Crippen molar-refractivity contribution in [3.8, 4) is 0 Å². The second kappa shape index (κ2) is 4.62. The number of rotatable bonds is 1. The number of carbonyl (C=O) groups excluding carboxylic acids is 1. The van der Waals surface area contributed by atoms with Crippen molar-refractivity contribution in [3.63, 3.8) is 0 Å². The molecule has 6 atom stereocenters. The Morgan fingerprint density at radius 3 is 2.52 bits per heavy atom. The maximum Gasteiger partial charge on any atom is 0.162 e. The van der Waals surface area contributed by atoms with Crippen LogP contribution < -0.4 is 0 Å². The van der Waals surface area contributed by atoms with Gasteiger partial charge in [-0.3, -0.25) is 4.79 Å². The molecule has 3 rings (SSSR count). The first-order chi connectivity index (χ1) is 9.68. The van der Waals surface area contributed by atoms with E-state index in [9.17, 15) is 25.2 Å². The Bertz CT molecular complexity index is 509. The summed E-state index contributed by atoms with van der Waals surface area (Å²) in [6.07, 6.45) is -0.455. The summed E-state index contributed by atoms with van der Waals surface area (Å²) in [6.45, 7) is 3.67. The number of carbonyl (C=O) groups is 1. The van der Waals surface area contributed by atoms with E-state index in [-0.39, 0.29) is 42.5 Å². The van der Waals surface area contributed by atoms with Gasteiger partial charge in [0.2, 0.25) is 0 Å². The Hall–Kier alpha value is -0.750. The molecule has 1 unspecified atom stereocenters. The average molecular weight is 296 g/mol. The topological polar surface area (TPSA) is 98.0 Å². The van der Waals surface area contributed by atoms with E-state index >= 15 is 0 Å². The summed E-state index contributed by atoms with van der Waals surface area (Å²) in [7, 11) is 0. The Morgan fingerprint density at radius 2 is 1.90 bits per heavy atom. The third-order valence-electron chi connectivity index (χ3n) is 5.82. The summed E-state index contributed by atoms with van der Waals surface area (Å²) < 4.78 is 0. The third kappa shape index (κ3) is 2.18. The lowest BCUT2D eigenvalue weighted by Crippen LogP contribution is -2.40. The maximum atomic E-state index is 12.0. The summed E-state index contributed by atoms with van der Waals surface area (Å²) in [4.78, 5) is 12.0. The second-order valence-corrected chi connectivity index (χ2v) is 7.70. The van der Waals surface area contributed by atoms with Crippen LogP contribution in [0.3, 0.4) is 0 Å². The largest absolute Gasteiger partial charge is 0.396 e. The van der Waals surface area contributed by atoms with Gasteiger partial charge in [-0.2, -0.15) is 0 Å². The summed E-state index contributed by atoms with van der Waals surface area (Å²) in [5, 5.41) is 41.3. The lowest BCUT2D eigenvalue weighted by atomic mass is 9.77. The zero-order chi connectivity index (χ0) is 15.6. The molecular weight excluding hydrogens is 272 g/mol. The lowest BCUT2D eigenvalue weighted by molar-refractivity contribution is -0.117. The van der Waals surface area contributed by atoms with Crippen molar-refractivity contribution in [1.82, 2.24) is 0 Å². The Morgan fingerprint density at radius 1 is 1.24 bits per heavy atom. The fraction of sp³-hybridized carbons (Fsp3) is 0.812. The predicted octanol–water partition coefficient (Wildman–Crippen LogP) is 0.157. The molecule has 0 bridgehead atoms. The summed E-state index contributed by atoms with van der Waals surface area (Å²) >= 11 is 0. The molecule has 0 radical (unpaired) electrons. The summed E-state index contributed by atoms with van der Waals surface area (Å²) in [6, 6.07) is 0. The van der Waals surface area contributed by atoms with Crippen LogP contribution in [0.1, 0.15) is 39.5 Å². The zero-order valence-corrected chi connectivity index (χ0v) is 12.5. The minimum Gasteiger partial charge on any atom is -0.396 e. The van der Waals surface area contributed by atoms with Gasteiger partial charge in [0, 0.05) is 25.0 Å². The number of aliphatic hydroxyl groups is 4. The normalized spacial score (nSPS) is 50.1. The number of fused-ring (bicyclic) bond motifs is 1. The van der Waals surface area contributed by atoms with Crippen LogP contribution in [0.15, 0.2) is 11.1 Å². The molecule has 3 aliphatic rings. The Kier molecular flexibility index (Phi) is 3.34. The standard InChI is InChI=1S/C16H24O5/c1-15(7-17)4-8-10(6-15)16(2,21)5-9-11(18)3-12(19)13(9)14(8)20/h8,10,12,14,17,19-21H,3-7H2,1-2H3/t8-,10+,12?,14+,15-,16+/m1/s1. The summed E-state index contributed by atoms with van der Waals surface area (Å²) in [5.41, 5.74) is -0.600. The highest BCUT2D eigenvalue weighted by Crippen LogP contribution is 2.55. The molecule has 0 aromatic rings. The van der Waals surface area contributed by atoms with E-state index in [4.69, 9.17) is 0 Å². The zero-order valence-electron chi connectivity index (χ0n) is 12.5. The van der Waals surface area contributed by atoms with Gasteiger partial charge in [-0.25, -0.2) is 0 Å². The van der Waals surface area contributed by atoms with Crippen molar-refractivity contribution in [2.24, 2.45) is 17.3 Å². The van der Waals surface area contributed by atoms with E-state index in [0.29, 0.717) is 24.0 Å². The van der Waals surface area contributed by atoms with E-state index in [1.807, 2.05) is 6.92 Å². The fourth-order valence-electron chi connectivity index (χ4n) is 4.69. The predicted molar refractivity (Wildman–Crippen MR) is 75.3 cm³/mol. The molecule has 0 amide bonds. The van der Waals surface area contributed by atoms with Crippen molar-refractivity contribution in [2.45, 2.75) is 57.3 Å². The van der Waals surface area contributed by atoms with E-state index in [2.05, 4.69) is 0 Å². The molecule has 3 aliphatic carbocycles. The first-order valence-corrected chi connectivity index (χ1v) is 7.64. The second-order valence-electron chi connectivity index (χ2n) is 7.70. The van der Waals surface area contributed by atoms with Crippen LogP contribution in [0.5, 0.6) is 0 Å². The highest BCUT2D eigenvalue weighted by Gasteiger charge is 2.56. The molecule has 0 aliphatic heterocycles. The van der Waals surface area contributed by atoms with Crippen LogP contribution in [-0.4, -0.2) is 50.6 Å². The Balaban J connectivity index is 2.05. The van der Waals surface area contributed by atoms with Gasteiger partial charge in [-0.1, -0.05) is 6.92 Å². The van der Waals surface area contributed by atoms with Crippen LogP contribution in [0.25, 0.3) is 0 Å². The van der Waals surface area contributed by atoms with Crippen LogP contribution in [-0.2, 0) is 4.79 Å². The van der Waals surface area contributed by atoms with Crippen LogP contribution in [0, 0.1) is 17.3 Å². The van der Waals surface area contributed by atoms with E-state index < -0.39 is 17.8 Å². The first kappa shape index (κ1) is 15.2. The van der Waals surface area contributed by atoms with Crippen LogP contribution >= 0.6 is 0 Å². The Labute approximate surface area is 124 Å². The number of aliphatic hydroxyl groups excluding tert-OH is 3. The molecule has 0 spiro atoms. The number of hydrogen-bond acceptors (Lipinski definition) is 5. The van der Waals surface area contributed by atoms with Crippen molar-refractivity contribution in [1.29, 1.82) is 0 Å². The monoisotopic (exact) mass is 296 g/mol. The smallest absolute Gasteiger partial charge is 0.162 e. The maximum absolute atomic E-state index is 12.0. The van der Waals surface area contributed by atoms with E-state index in [1.54, 1.807) is 6.92 Å². The van der Waals surface area contributed by atoms with Gasteiger partial charge in [0.05, 0.1) is 17.8 Å². The lowest BCUT2D eigenvalue weighted by Gasteiger charge is -2.34. The molecule has 1 fully saturated rings. The van der Waals surface area contributed by atoms with Crippen LogP contribution in [0.4, 0.5) is 0 Å². The van der Waals surface area contributed by atoms with Gasteiger partial charge in [0.1, 0.15) is 0 Å². The molecule has 5 nitrogen and oxygen atoms in total. The highest BCUT2D eigenvalue weighted by atomic mass is 16.3. The SMILES string of the molecule is C[C@@]1(CO)C[C@H]2[C@H](O)C3=C(C[C@](C)(O)[C@H]2C1)C(=O)CC3O. The van der Waals surface area contributed by atoms with Crippen molar-refractivity contribution >= 4 is 5.78 Å². The molecule has 118 valence electrons. The molecule has 4 N–H and O–H groups in total. The molecule has 0 saturated heterocycles. The van der Waals surface area contributed by atoms with Gasteiger partial charge in [0.15, 0.2) is 5.78 Å². The quantitative estimate of drug-likeness (QED) is 0.552. The number of ketones is 1. The van der Waals surface area contributed by atoms with Gasteiger partial charge in [-0.05, 0) is 42.6 Å². The number of hydrogen-bond donors (Lipinski definition) is 4. The molecule has 0 heterocycles. The molecular formula is C16H24O5.